The van der Waals surface area contributed by atoms with Crippen LogP contribution in [0.3, 0.4) is 0 Å². The van der Waals surface area contributed by atoms with Crippen molar-refractivity contribution in [1.29, 1.82) is 0 Å². The molecule has 2 aliphatic rings. The van der Waals surface area contributed by atoms with Crippen molar-refractivity contribution in [3.05, 3.63) is 89.2 Å². The van der Waals surface area contributed by atoms with Crippen molar-refractivity contribution in [2.75, 3.05) is 0 Å². The number of aromatic hydroxyl groups is 1. The number of ether oxygens (including phenoxy) is 2. The molecule has 1 N–H and O–H groups in total. The highest BCUT2D eigenvalue weighted by molar-refractivity contribution is 5.96. The number of fused-ring (bicyclic) bond motifs is 4. The van der Waals surface area contributed by atoms with E-state index >= 15 is 0 Å². The molecule has 0 saturated carbocycles. The summed E-state index contributed by atoms with van der Waals surface area (Å²) in [5.74, 6) is 1.15. The molecule has 3 heterocycles. The van der Waals surface area contributed by atoms with Crippen molar-refractivity contribution >= 4 is 16.8 Å². The first-order chi connectivity index (χ1) is 16.3. The van der Waals surface area contributed by atoms with Gasteiger partial charge in [0.25, 0.3) is 0 Å². The minimum Gasteiger partial charge on any atom is -0.506 e. The predicted molar refractivity (Wildman–Crippen MR) is 121 cm³/mol. The fourth-order valence-corrected chi connectivity index (χ4v) is 4.35. The summed E-state index contributed by atoms with van der Waals surface area (Å²) in [7, 11) is 0. The summed E-state index contributed by atoms with van der Waals surface area (Å²) in [5, 5.41) is 11.1. The molecule has 0 saturated heterocycles. The lowest BCUT2D eigenvalue weighted by molar-refractivity contribution is 0.0891. The number of pyridine rings is 2. The summed E-state index contributed by atoms with van der Waals surface area (Å²) in [6.45, 7) is 3.67. The zero-order chi connectivity index (χ0) is 23.7. The van der Waals surface area contributed by atoms with Gasteiger partial charge in [0.05, 0.1) is 11.8 Å². The molecule has 1 aliphatic carbocycles. The van der Waals surface area contributed by atoms with Crippen molar-refractivity contribution < 1.29 is 17.3 Å². The molecule has 2 atom stereocenters. The maximum atomic E-state index is 10.3. The molecule has 32 heavy (non-hydrogen) atoms. The van der Waals surface area contributed by atoms with Crippen LogP contribution in [0.5, 0.6) is 17.4 Å². The molecule has 158 valence electrons. The number of phenolic OH excluding ortho intramolecular Hbond substituents is 1. The van der Waals surface area contributed by atoms with Crippen LogP contribution in [0, 0.1) is 6.92 Å². The van der Waals surface area contributed by atoms with Gasteiger partial charge in [-0.2, -0.15) is 0 Å². The van der Waals surface area contributed by atoms with Crippen LogP contribution in [0.25, 0.3) is 10.9 Å². The van der Waals surface area contributed by atoms with Crippen LogP contribution < -0.4 is 4.74 Å². The number of benzene rings is 2. The van der Waals surface area contributed by atoms with Gasteiger partial charge in [-0.05, 0) is 54.8 Å². The zero-order valence-corrected chi connectivity index (χ0v) is 17.5. The van der Waals surface area contributed by atoms with Gasteiger partial charge in [0.15, 0.2) is 0 Å². The molecule has 2 aromatic carbocycles. The Morgan fingerprint density at radius 2 is 2.03 bits per heavy atom. The third-order valence-electron chi connectivity index (χ3n) is 5.79. The summed E-state index contributed by atoms with van der Waals surface area (Å²) in [6.07, 6.45) is 1.47. The van der Waals surface area contributed by atoms with Gasteiger partial charge in [-0.1, -0.05) is 24.3 Å². The first-order valence-corrected chi connectivity index (χ1v) is 10.4. The normalized spacial score (nSPS) is 23.6. The number of aromatic nitrogens is 2. The van der Waals surface area contributed by atoms with E-state index in [1.807, 2.05) is 37.3 Å². The average molecular weight is 425 g/mol. The fourth-order valence-electron chi connectivity index (χ4n) is 4.35. The number of aliphatic imine (C=N–C) groups is 1. The van der Waals surface area contributed by atoms with Gasteiger partial charge in [-0.25, -0.2) is 9.98 Å². The monoisotopic (exact) mass is 425 g/mol. The minimum absolute atomic E-state index is 0.0929. The van der Waals surface area contributed by atoms with Crippen molar-refractivity contribution in [2.24, 2.45) is 4.99 Å². The van der Waals surface area contributed by atoms with Crippen LogP contribution in [0.1, 0.15) is 38.0 Å². The van der Waals surface area contributed by atoms with E-state index in [4.69, 9.17) is 17.2 Å². The quantitative estimate of drug-likeness (QED) is 0.484. The number of hydrogen-bond donors (Lipinski definition) is 1. The molecule has 2 aromatic heterocycles. The number of hydrogen-bond acceptors (Lipinski definition) is 6. The van der Waals surface area contributed by atoms with E-state index in [9.17, 15) is 5.11 Å². The van der Waals surface area contributed by atoms with Crippen molar-refractivity contribution in [1.82, 2.24) is 9.97 Å². The molecule has 0 amide bonds. The molecule has 1 aliphatic heterocycles. The molecular weight excluding hydrogens is 402 g/mol. The van der Waals surface area contributed by atoms with Gasteiger partial charge < -0.3 is 14.6 Å². The van der Waals surface area contributed by atoms with Crippen LogP contribution in [0.2, 0.25) is 0 Å². The Balaban J connectivity index is 1.32. The Hall–Kier alpha value is -3.93. The van der Waals surface area contributed by atoms with Gasteiger partial charge in [0.2, 0.25) is 11.8 Å². The van der Waals surface area contributed by atoms with E-state index in [0.29, 0.717) is 34.2 Å². The van der Waals surface area contributed by atoms with Crippen LogP contribution in [0.15, 0.2) is 72.0 Å². The van der Waals surface area contributed by atoms with Crippen LogP contribution in [0.4, 0.5) is 0 Å². The third-order valence-corrected chi connectivity index (χ3v) is 5.79. The molecule has 6 heteroatoms. The molecule has 0 unspecified atom stereocenters. The highest BCUT2D eigenvalue weighted by Gasteiger charge is 2.49. The van der Waals surface area contributed by atoms with E-state index in [0.717, 1.165) is 16.5 Å². The second-order valence-electron chi connectivity index (χ2n) is 8.27. The second kappa shape index (κ2) is 6.79. The number of aryl methyl sites for hydroxylation is 1. The minimum atomic E-state index is -1.70. The highest BCUT2D eigenvalue weighted by Crippen LogP contribution is 2.48. The van der Waals surface area contributed by atoms with Gasteiger partial charge >= 0.3 is 0 Å². The molecule has 0 spiro atoms. The lowest BCUT2D eigenvalue weighted by Gasteiger charge is -2.22. The van der Waals surface area contributed by atoms with Crippen LogP contribution >= 0.6 is 0 Å². The van der Waals surface area contributed by atoms with Crippen molar-refractivity contribution in [3.63, 3.8) is 0 Å². The van der Waals surface area contributed by atoms with E-state index in [1.165, 1.54) is 0 Å². The molecular formula is C26H21N3O3. The van der Waals surface area contributed by atoms with Gasteiger partial charge in [0.1, 0.15) is 28.7 Å². The SMILES string of the molecule is [2H]C1([2H])c2ccccc2[C@@H]2N=C(c3cncc(Oc4ccc5cc(C)cc(O)c5n4)c3)O[C@@]21C. The summed E-state index contributed by atoms with van der Waals surface area (Å²) >= 11 is 0. The smallest absolute Gasteiger partial charge is 0.220 e. The highest BCUT2D eigenvalue weighted by atomic mass is 16.5. The van der Waals surface area contributed by atoms with Crippen LogP contribution in [-0.4, -0.2) is 26.6 Å². The zero-order valence-electron chi connectivity index (χ0n) is 19.5. The number of phenols is 1. The summed E-state index contributed by atoms with van der Waals surface area (Å²) in [6, 6.07) is 15.9. The van der Waals surface area contributed by atoms with E-state index < -0.39 is 18.0 Å². The fraction of sp³-hybridized carbons (Fsp3) is 0.192. The predicted octanol–water partition coefficient (Wildman–Crippen LogP) is 5.27. The molecule has 0 radical (unpaired) electrons. The average Bonchev–Trinajstić information content (AvgIpc) is 3.25. The van der Waals surface area contributed by atoms with Crippen molar-refractivity contribution in [2.45, 2.75) is 31.9 Å². The Kier molecular flexibility index (Phi) is 3.55. The van der Waals surface area contributed by atoms with Crippen molar-refractivity contribution in [3.8, 4) is 17.4 Å². The topological polar surface area (TPSA) is 76.8 Å². The standard InChI is InChI=1S/C26H21N3O3/c1-15-9-16-7-8-22(28-23(16)21(30)10-15)31-19-11-18(13-27-14-19)25-29-24-20-6-4-3-5-17(20)12-26(24,2)32-25/h3-11,13-14,24,30H,12H2,1-2H3/t24-,26+/m0/s1/i12D2. The Labute approximate surface area is 188 Å². The lowest BCUT2D eigenvalue weighted by Crippen LogP contribution is -2.29. The summed E-state index contributed by atoms with van der Waals surface area (Å²) < 4.78 is 29.6. The van der Waals surface area contributed by atoms with E-state index in [-0.39, 0.29) is 5.75 Å². The van der Waals surface area contributed by atoms with Gasteiger partial charge in [-0.15, -0.1) is 0 Å². The van der Waals surface area contributed by atoms with E-state index in [2.05, 4.69) is 9.97 Å². The van der Waals surface area contributed by atoms with E-state index in [1.54, 1.807) is 43.6 Å². The number of nitrogens with zero attached hydrogens (tertiary/aromatic N) is 3. The third kappa shape index (κ3) is 2.99. The lowest BCUT2D eigenvalue weighted by atomic mass is 9.99. The van der Waals surface area contributed by atoms with Crippen LogP contribution in [-0.2, 0) is 11.1 Å². The van der Waals surface area contributed by atoms with Gasteiger partial charge in [-0.3, -0.25) is 4.98 Å². The number of rotatable bonds is 3. The molecule has 4 aromatic rings. The first-order valence-electron chi connectivity index (χ1n) is 11.4. The Morgan fingerprint density at radius 3 is 2.94 bits per heavy atom. The summed E-state index contributed by atoms with van der Waals surface area (Å²) in [4.78, 5) is 13.4. The summed E-state index contributed by atoms with van der Waals surface area (Å²) in [5.41, 5.74) is 2.28. The molecule has 6 rings (SSSR count). The maximum absolute atomic E-state index is 10.3. The maximum Gasteiger partial charge on any atom is 0.220 e. The molecule has 0 bridgehead atoms. The Bertz CT molecular complexity index is 1500. The van der Waals surface area contributed by atoms with Gasteiger partial charge in [0, 0.05) is 26.8 Å². The molecule has 0 fully saturated rings. The first kappa shape index (κ1) is 16.7. The molecule has 6 nitrogen and oxygen atoms in total. The Morgan fingerprint density at radius 1 is 1.16 bits per heavy atom. The largest absolute Gasteiger partial charge is 0.506 e. The second-order valence-corrected chi connectivity index (χ2v) is 8.27.